The number of carbonyl (C=O) groups excluding carboxylic acids is 1. The molecule has 4 rings (SSSR count). The van der Waals surface area contributed by atoms with Crippen LogP contribution < -0.4 is 9.62 Å². The maximum atomic E-state index is 12.9. The first-order valence-corrected chi connectivity index (χ1v) is 11.6. The Kier molecular flexibility index (Phi) is 5.28. The van der Waals surface area contributed by atoms with E-state index in [9.17, 15) is 13.2 Å². The molecule has 1 aliphatic rings. The summed E-state index contributed by atoms with van der Waals surface area (Å²) in [6.07, 6.45) is 4.00. The minimum absolute atomic E-state index is 0.0821. The van der Waals surface area contributed by atoms with Crippen LogP contribution in [0.4, 0.5) is 5.69 Å². The summed E-state index contributed by atoms with van der Waals surface area (Å²) in [5.41, 5.74) is 2.89. The third-order valence-electron chi connectivity index (χ3n) is 5.43. The van der Waals surface area contributed by atoms with Crippen molar-refractivity contribution in [1.82, 2.24) is 5.32 Å². The molecule has 3 aromatic rings. The van der Waals surface area contributed by atoms with Crippen molar-refractivity contribution >= 4 is 32.4 Å². The van der Waals surface area contributed by atoms with E-state index in [1.165, 1.54) is 9.87 Å². The minimum Gasteiger partial charge on any atom is -0.348 e. The number of nitrogens with zero attached hydrogens (tertiary/aromatic N) is 1. The molecule has 1 N–H and O–H groups in total. The Morgan fingerprint density at radius 1 is 1.03 bits per heavy atom. The van der Waals surface area contributed by atoms with Crippen molar-refractivity contribution < 1.29 is 13.2 Å². The molecule has 1 atom stereocenters. The fourth-order valence-corrected chi connectivity index (χ4v) is 4.95. The van der Waals surface area contributed by atoms with Gasteiger partial charge in [0.2, 0.25) is 15.9 Å². The molecule has 0 aliphatic heterocycles. The third-order valence-corrected chi connectivity index (χ3v) is 6.55. The maximum Gasteiger partial charge on any atom is 0.241 e. The Bertz CT molecular complexity index is 1150. The summed E-state index contributed by atoms with van der Waals surface area (Å²) in [5.74, 6) is -0.301. The van der Waals surface area contributed by atoms with Crippen LogP contribution in [-0.2, 0) is 21.2 Å². The van der Waals surface area contributed by atoms with Gasteiger partial charge in [-0.05, 0) is 41.8 Å². The van der Waals surface area contributed by atoms with Crippen molar-refractivity contribution in [3.63, 3.8) is 0 Å². The van der Waals surface area contributed by atoms with Gasteiger partial charge in [0, 0.05) is 5.39 Å². The molecule has 29 heavy (non-hydrogen) atoms. The summed E-state index contributed by atoms with van der Waals surface area (Å²) in [5, 5.41) is 4.78. The number of fused-ring (bicyclic) bond motifs is 2. The zero-order chi connectivity index (χ0) is 20.4. The van der Waals surface area contributed by atoms with Gasteiger partial charge in [0.1, 0.15) is 6.54 Å². The normalized spacial score (nSPS) is 16.2. The third kappa shape index (κ3) is 4.12. The van der Waals surface area contributed by atoms with Gasteiger partial charge < -0.3 is 5.32 Å². The zero-order valence-corrected chi connectivity index (χ0v) is 17.2. The SMILES string of the molecule is CS(=O)(=O)N(CC(=O)NC1CCCc2ccccc21)c1cccc2ccccc12. The van der Waals surface area contributed by atoms with E-state index in [2.05, 4.69) is 11.4 Å². The molecule has 1 amide bonds. The van der Waals surface area contributed by atoms with Crippen LogP contribution in [-0.4, -0.2) is 27.1 Å². The Labute approximate surface area is 171 Å². The Morgan fingerprint density at radius 3 is 2.59 bits per heavy atom. The molecular weight excluding hydrogens is 384 g/mol. The van der Waals surface area contributed by atoms with Crippen LogP contribution >= 0.6 is 0 Å². The van der Waals surface area contributed by atoms with Crippen LogP contribution in [0.2, 0.25) is 0 Å². The van der Waals surface area contributed by atoms with Crippen molar-refractivity contribution in [3.8, 4) is 0 Å². The molecule has 5 nitrogen and oxygen atoms in total. The quantitative estimate of drug-likeness (QED) is 0.698. The van der Waals surface area contributed by atoms with E-state index >= 15 is 0 Å². The summed E-state index contributed by atoms with van der Waals surface area (Å²) in [6.45, 7) is -0.245. The van der Waals surface area contributed by atoms with Crippen LogP contribution in [0.15, 0.2) is 66.7 Å². The topological polar surface area (TPSA) is 66.5 Å². The van der Waals surface area contributed by atoms with Gasteiger partial charge in [-0.3, -0.25) is 9.10 Å². The molecule has 0 radical (unpaired) electrons. The van der Waals surface area contributed by atoms with Crippen molar-refractivity contribution in [3.05, 3.63) is 77.9 Å². The van der Waals surface area contributed by atoms with Crippen LogP contribution in [0, 0.1) is 0 Å². The monoisotopic (exact) mass is 408 g/mol. The second-order valence-electron chi connectivity index (χ2n) is 7.48. The van der Waals surface area contributed by atoms with Crippen LogP contribution in [0.1, 0.15) is 30.0 Å². The van der Waals surface area contributed by atoms with E-state index in [0.29, 0.717) is 5.69 Å². The number of hydrogen-bond donors (Lipinski definition) is 1. The number of rotatable bonds is 5. The molecule has 0 saturated heterocycles. The first-order valence-electron chi connectivity index (χ1n) is 9.76. The van der Waals surface area contributed by atoms with Crippen LogP contribution in [0.25, 0.3) is 10.8 Å². The van der Waals surface area contributed by atoms with Crippen molar-refractivity contribution in [2.75, 3.05) is 17.1 Å². The molecule has 0 bridgehead atoms. The number of aryl methyl sites for hydroxylation is 1. The van der Waals surface area contributed by atoms with E-state index in [-0.39, 0.29) is 18.5 Å². The average molecular weight is 409 g/mol. The summed E-state index contributed by atoms with van der Waals surface area (Å²) >= 11 is 0. The largest absolute Gasteiger partial charge is 0.348 e. The molecule has 0 fully saturated rings. The highest BCUT2D eigenvalue weighted by Gasteiger charge is 2.26. The summed E-state index contributed by atoms with van der Waals surface area (Å²) in [7, 11) is -3.63. The van der Waals surface area contributed by atoms with Crippen molar-refractivity contribution in [2.24, 2.45) is 0 Å². The number of sulfonamides is 1. The summed E-state index contributed by atoms with van der Waals surface area (Å²) < 4.78 is 26.3. The zero-order valence-electron chi connectivity index (χ0n) is 16.3. The van der Waals surface area contributed by atoms with Gasteiger partial charge in [0.15, 0.2) is 0 Å². The highest BCUT2D eigenvalue weighted by Crippen LogP contribution is 2.30. The molecular formula is C23H24N2O3S. The predicted octanol–water partition coefficient (Wildman–Crippen LogP) is 3.80. The molecule has 3 aromatic carbocycles. The Morgan fingerprint density at radius 2 is 1.76 bits per heavy atom. The number of anilines is 1. The number of benzene rings is 3. The van der Waals surface area contributed by atoms with E-state index < -0.39 is 10.0 Å². The molecule has 1 aliphatic carbocycles. The highest BCUT2D eigenvalue weighted by atomic mass is 32.2. The van der Waals surface area contributed by atoms with Crippen molar-refractivity contribution in [1.29, 1.82) is 0 Å². The first kappa shape index (κ1) is 19.5. The molecule has 0 saturated carbocycles. The van der Waals surface area contributed by atoms with E-state index in [1.54, 1.807) is 6.07 Å². The number of carbonyl (C=O) groups is 1. The standard InChI is InChI=1S/C23H24N2O3S/c1-29(27,28)25(22-15-7-11-18-9-3-5-13-20(18)22)16-23(26)24-21-14-6-10-17-8-2-4-12-19(17)21/h2-5,7-9,11-13,15,21H,6,10,14,16H2,1H3,(H,24,26). The second kappa shape index (κ2) is 7.87. The van der Waals surface area contributed by atoms with E-state index in [0.717, 1.165) is 41.9 Å². The van der Waals surface area contributed by atoms with Gasteiger partial charge >= 0.3 is 0 Å². The molecule has 150 valence electrons. The smallest absolute Gasteiger partial charge is 0.241 e. The van der Waals surface area contributed by atoms with Gasteiger partial charge in [-0.25, -0.2) is 8.42 Å². The summed E-state index contributed by atoms with van der Waals surface area (Å²) in [4.78, 5) is 12.9. The Hall–Kier alpha value is -2.86. The van der Waals surface area contributed by atoms with E-state index in [4.69, 9.17) is 0 Å². The fourth-order valence-electron chi connectivity index (χ4n) is 4.08. The lowest BCUT2D eigenvalue weighted by atomic mass is 9.88. The lowest BCUT2D eigenvalue weighted by Gasteiger charge is -2.28. The van der Waals surface area contributed by atoms with Gasteiger partial charge in [-0.2, -0.15) is 0 Å². The first-order chi connectivity index (χ1) is 13.9. The molecule has 0 spiro atoms. The Balaban J connectivity index is 1.61. The number of nitrogens with one attached hydrogen (secondary N) is 1. The van der Waals surface area contributed by atoms with E-state index in [1.807, 2.05) is 54.6 Å². The number of hydrogen-bond acceptors (Lipinski definition) is 3. The fraction of sp³-hybridized carbons (Fsp3) is 0.261. The number of amides is 1. The van der Waals surface area contributed by atoms with Gasteiger partial charge in [0.25, 0.3) is 0 Å². The van der Waals surface area contributed by atoms with Crippen molar-refractivity contribution in [2.45, 2.75) is 25.3 Å². The lowest BCUT2D eigenvalue weighted by molar-refractivity contribution is -0.120. The van der Waals surface area contributed by atoms with Gasteiger partial charge in [-0.15, -0.1) is 0 Å². The van der Waals surface area contributed by atoms with Gasteiger partial charge in [0.05, 0.1) is 18.0 Å². The molecule has 0 heterocycles. The second-order valence-corrected chi connectivity index (χ2v) is 9.39. The molecule has 1 unspecified atom stereocenters. The molecule has 0 aromatic heterocycles. The average Bonchev–Trinajstić information content (AvgIpc) is 2.71. The predicted molar refractivity (Wildman–Crippen MR) is 116 cm³/mol. The summed E-state index contributed by atoms with van der Waals surface area (Å²) in [6, 6.07) is 21.1. The van der Waals surface area contributed by atoms with Crippen LogP contribution in [0.3, 0.4) is 0 Å². The highest BCUT2D eigenvalue weighted by molar-refractivity contribution is 7.92. The minimum atomic E-state index is -3.63. The lowest BCUT2D eigenvalue weighted by Crippen LogP contribution is -2.42. The van der Waals surface area contributed by atoms with Gasteiger partial charge in [-0.1, -0.05) is 60.7 Å². The molecule has 6 heteroatoms. The maximum absolute atomic E-state index is 12.9. The van der Waals surface area contributed by atoms with Crippen LogP contribution in [0.5, 0.6) is 0 Å².